The van der Waals surface area contributed by atoms with E-state index in [0.717, 1.165) is 50.5 Å². The third-order valence-electron chi connectivity index (χ3n) is 13.9. The summed E-state index contributed by atoms with van der Waals surface area (Å²) in [5.74, 6) is 2.46. The summed E-state index contributed by atoms with van der Waals surface area (Å²) >= 11 is 0. The Labute approximate surface area is 242 Å². The highest BCUT2D eigenvalue weighted by atomic mass is 16.5. The van der Waals surface area contributed by atoms with Gasteiger partial charge in [0, 0.05) is 5.41 Å². The average Bonchev–Trinajstić information content (AvgIpc) is 2.92. The lowest BCUT2D eigenvalue weighted by Crippen LogP contribution is -2.64. The van der Waals surface area contributed by atoms with Crippen molar-refractivity contribution in [1.29, 1.82) is 0 Å². The second-order valence-corrected chi connectivity index (χ2v) is 15.6. The number of benzene rings is 1. The summed E-state index contributed by atoms with van der Waals surface area (Å²) in [5, 5.41) is 0. The van der Waals surface area contributed by atoms with Crippen molar-refractivity contribution in [3.8, 4) is 0 Å². The fourth-order valence-electron chi connectivity index (χ4n) is 11.0. The van der Waals surface area contributed by atoms with Gasteiger partial charge < -0.3 is 4.74 Å². The number of esters is 1. The van der Waals surface area contributed by atoms with Gasteiger partial charge in [-0.05, 0) is 102 Å². The van der Waals surface area contributed by atoms with Crippen molar-refractivity contribution < 1.29 is 14.3 Å². The first-order valence-corrected chi connectivity index (χ1v) is 16.0. The van der Waals surface area contributed by atoms with Crippen LogP contribution < -0.4 is 0 Å². The minimum absolute atomic E-state index is 0.00404. The van der Waals surface area contributed by atoms with Gasteiger partial charge in [0.15, 0.2) is 5.78 Å². The van der Waals surface area contributed by atoms with Crippen molar-refractivity contribution in [2.45, 2.75) is 100 Å². The molecule has 5 aliphatic carbocycles. The zero-order valence-electron chi connectivity index (χ0n) is 25.9. The first-order valence-electron chi connectivity index (χ1n) is 16.0. The fraction of sp³-hybridized carbons (Fsp3) is 0.676. The average molecular weight is 543 g/mol. The second kappa shape index (κ2) is 9.17. The van der Waals surface area contributed by atoms with Gasteiger partial charge in [-0.1, -0.05) is 96.5 Å². The Kier molecular flexibility index (Phi) is 6.41. The van der Waals surface area contributed by atoms with E-state index in [4.69, 9.17) is 4.74 Å². The number of carbonyl (C=O) groups excluding carboxylic acids is 2. The predicted octanol–water partition coefficient (Wildman–Crippen LogP) is 8.73. The number of rotatable bonds is 3. The first-order chi connectivity index (χ1) is 18.8. The normalized spacial score (nSPS) is 45.3. The predicted molar refractivity (Wildman–Crippen MR) is 160 cm³/mol. The Balaban J connectivity index is 1.39. The van der Waals surface area contributed by atoms with E-state index in [2.05, 4.69) is 60.6 Å². The van der Waals surface area contributed by atoms with Crippen molar-refractivity contribution in [2.24, 2.45) is 56.7 Å². The van der Waals surface area contributed by atoms with E-state index >= 15 is 0 Å². The SMILES string of the molecule is C[C@H]1[C@H](C)CC[C@]2(C(=O)OCc3ccccc3)CC[C@]3(C)C(=CC[C@@H]4[C@@]5(C)C=CC(=O)C(C)(C)[C@@H]5CC[C@]43C)[C@H]12. The Bertz CT molecular complexity index is 1260. The van der Waals surface area contributed by atoms with Gasteiger partial charge in [0.1, 0.15) is 6.61 Å². The monoisotopic (exact) mass is 542 g/mol. The molecule has 9 atom stereocenters. The molecule has 1 aromatic rings. The van der Waals surface area contributed by atoms with E-state index in [1.807, 2.05) is 36.4 Å². The minimum Gasteiger partial charge on any atom is -0.460 e. The van der Waals surface area contributed by atoms with Crippen LogP contribution in [0.4, 0.5) is 0 Å². The van der Waals surface area contributed by atoms with Gasteiger partial charge in [-0.3, -0.25) is 9.59 Å². The Morgan fingerprint density at radius 1 is 0.925 bits per heavy atom. The molecular weight excluding hydrogens is 492 g/mol. The molecule has 0 spiro atoms. The lowest BCUT2D eigenvalue weighted by atomic mass is 9.34. The van der Waals surface area contributed by atoms with Crippen molar-refractivity contribution in [1.82, 2.24) is 0 Å². The van der Waals surface area contributed by atoms with Crippen LogP contribution in [0, 0.1) is 56.7 Å². The van der Waals surface area contributed by atoms with Crippen LogP contribution >= 0.6 is 0 Å². The summed E-state index contributed by atoms with van der Waals surface area (Å²) in [5.41, 5.74) is 2.06. The molecule has 6 rings (SSSR count). The zero-order chi connectivity index (χ0) is 28.7. The van der Waals surface area contributed by atoms with Gasteiger partial charge in [0.2, 0.25) is 0 Å². The molecule has 5 aliphatic rings. The lowest BCUT2D eigenvalue weighted by Gasteiger charge is -2.70. The molecule has 0 bridgehead atoms. The Morgan fingerprint density at radius 3 is 2.38 bits per heavy atom. The molecule has 0 amide bonds. The molecule has 0 unspecified atom stereocenters. The maximum atomic E-state index is 14.2. The molecule has 40 heavy (non-hydrogen) atoms. The Morgan fingerprint density at radius 2 is 1.65 bits per heavy atom. The molecule has 0 N–H and O–H groups in total. The highest BCUT2D eigenvalue weighted by Crippen LogP contribution is 2.75. The maximum absolute atomic E-state index is 14.2. The summed E-state index contributed by atoms with van der Waals surface area (Å²) in [6, 6.07) is 10.1. The van der Waals surface area contributed by atoms with Crippen LogP contribution in [-0.4, -0.2) is 11.8 Å². The third kappa shape index (κ3) is 3.61. The third-order valence-corrected chi connectivity index (χ3v) is 13.9. The van der Waals surface area contributed by atoms with Gasteiger partial charge >= 0.3 is 5.97 Å². The van der Waals surface area contributed by atoms with E-state index in [1.165, 1.54) is 0 Å². The summed E-state index contributed by atoms with van der Waals surface area (Å²) < 4.78 is 6.17. The van der Waals surface area contributed by atoms with E-state index in [1.54, 1.807) is 5.57 Å². The molecule has 0 heterocycles. The van der Waals surface area contributed by atoms with Gasteiger partial charge in [0.25, 0.3) is 0 Å². The van der Waals surface area contributed by atoms with E-state index < -0.39 is 5.41 Å². The van der Waals surface area contributed by atoms with Crippen LogP contribution in [-0.2, 0) is 20.9 Å². The molecule has 3 heteroatoms. The molecule has 3 fully saturated rings. The van der Waals surface area contributed by atoms with Crippen molar-refractivity contribution >= 4 is 11.8 Å². The molecule has 216 valence electrons. The summed E-state index contributed by atoms with van der Waals surface area (Å²) in [7, 11) is 0. The minimum atomic E-state index is -0.421. The smallest absolute Gasteiger partial charge is 0.313 e. The van der Waals surface area contributed by atoms with Gasteiger partial charge in [-0.15, -0.1) is 0 Å². The number of allylic oxidation sites excluding steroid dienone is 4. The topological polar surface area (TPSA) is 43.4 Å². The standard InChI is InChI=1S/C37H50O3/c1-24-15-20-37(32(39)40-23-26-11-9-8-10-12-26)22-21-35(6)27(31(37)25(24)2)13-14-29-34(5)18-17-30(38)33(3,4)28(34)16-19-36(29,35)7/h8-13,17-18,24-25,28-29,31H,14-16,19-23H2,1-7H3/t24-,25+,28+,29-,31+,34+,35-,36-,37+/m1/s1. The van der Waals surface area contributed by atoms with Crippen LogP contribution in [0.25, 0.3) is 0 Å². The van der Waals surface area contributed by atoms with E-state index in [9.17, 15) is 9.59 Å². The van der Waals surface area contributed by atoms with Gasteiger partial charge in [-0.2, -0.15) is 0 Å². The molecular formula is C37H50O3. The van der Waals surface area contributed by atoms with Crippen LogP contribution in [0.3, 0.4) is 0 Å². The van der Waals surface area contributed by atoms with Crippen LogP contribution in [0.1, 0.15) is 99.0 Å². The van der Waals surface area contributed by atoms with E-state index in [0.29, 0.717) is 36.1 Å². The van der Waals surface area contributed by atoms with Gasteiger partial charge in [0.05, 0.1) is 5.41 Å². The summed E-state index contributed by atoms with van der Waals surface area (Å²) in [6.45, 7) is 17.1. The number of ketones is 1. The molecule has 3 saturated carbocycles. The zero-order valence-corrected chi connectivity index (χ0v) is 25.9. The molecule has 0 aliphatic heterocycles. The number of hydrogen-bond acceptors (Lipinski definition) is 3. The lowest BCUT2D eigenvalue weighted by molar-refractivity contribution is -0.182. The van der Waals surface area contributed by atoms with Crippen LogP contribution in [0.5, 0.6) is 0 Å². The molecule has 3 nitrogen and oxygen atoms in total. The van der Waals surface area contributed by atoms with E-state index in [-0.39, 0.29) is 33.5 Å². The molecule has 0 saturated heterocycles. The van der Waals surface area contributed by atoms with Crippen LogP contribution in [0.2, 0.25) is 0 Å². The highest BCUT2D eigenvalue weighted by molar-refractivity contribution is 5.95. The number of carbonyl (C=O) groups is 2. The Hall–Kier alpha value is -2.16. The highest BCUT2D eigenvalue weighted by Gasteiger charge is 2.69. The van der Waals surface area contributed by atoms with Crippen molar-refractivity contribution in [3.63, 3.8) is 0 Å². The molecule has 0 radical (unpaired) electrons. The summed E-state index contributed by atoms with van der Waals surface area (Å²) in [6.07, 6.45) is 14.1. The van der Waals surface area contributed by atoms with Gasteiger partial charge in [-0.25, -0.2) is 0 Å². The first kappa shape index (κ1) is 28.0. The van der Waals surface area contributed by atoms with Crippen LogP contribution in [0.15, 0.2) is 54.1 Å². The maximum Gasteiger partial charge on any atom is 0.313 e. The number of ether oxygens (including phenoxy) is 1. The second-order valence-electron chi connectivity index (χ2n) is 15.6. The summed E-state index contributed by atoms with van der Waals surface area (Å²) in [4.78, 5) is 27.1. The quantitative estimate of drug-likeness (QED) is 0.283. The number of hydrogen-bond donors (Lipinski definition) is 0. The molecule has 1 aromatic carbocycles. The van der Waals surface area contributed by atoms with Crippen molar-refractivity contribution in [3.05, 3.63) is 59.7 Å². The number of fused-ring (bicyclic) bond motifs is 7. The fourth-order valence-corrected chi connectivity index (χ4v) is 11.0. The van der Waals surface area contributed by atoms with Crippen molar-refractivity contribution in [2.75, 3.05) is 0 Å². The molecule has 0 aromatic heterocycles. The largest absolute Gasteiger partial charge is 0.460 e.